The van der Waals surface area contributed by atoms with Crippen molar-refractivity contribution in [1.82, 2.24) is 0 Å². The van der Waals surface area contributed by atoms with Crippen LogP contribution in [0.1, 0.15) is 161 Å². The van der Waals surface area contributed by atoms with Crippen LogP contribution in [0.5, 0.6) is 0 Å². The molecular weight excluding hydrogens is 372 g/mol. The van der Waals surface area contributed by atoms with E-state index in [0.29, 0.717) is 21.7 Å². The molecule has 4 aliphatic rings. The van der Waals surface area contributed by atoms with Crippen molar-refractivity contribution in [3.05, 3.63) is 0 Å². The van der Waals surface area contributed by atoms with Crippen molar-refractivity contribution in [3.63, 3.8) is 0 Å². The molecular formula is C31H64. The van der Waals surface area contributed by atoms with Gasteiger partial charge in [-0.2, -0.15) is 0 Å². The summed E-state index contributed by atoms with van der Waals surface area (Å²) in [6.45, 7) is 25.6. The maximum atomic E-state index is 2.75. The van der Waals surface area contributed by atoms with Crippen LogP contribution in [0.2, 0.25) is 0 Å². The molecule has 31 heavy (non-hydrogen) atoms. The fourth-order valence-electron chi connectivity index (χ4n) is 9.05. The van der Waals surface area contributed by atoms with Crippen molar-refractivity contribution in [2.75, 3.05) is 0 Å². The van der Waals surface area contributed by atoms with E-state index in [-0.39, 0.29) is 7.43 Å². The Morgan fingerprint density at radius 1 is 0.645 bits per heavy atom. The van der Waals surface area contributed by atoms with E-state index in [0.717, 1.165) is 17.8 Å². The molecule has 0 amide bonds. The zero-order chi connectivity index (χ0) is 23.2. The highest BCUT2D eigenvalue weighted by Crippen LogP contribution is 2.77. The molecule has 4 fully saturated rings. The molecule has 4 saturated carbocycles. The van der Waals surface area contributed by atoms with E-state index in [1.165, 1.54) is 77.0 Å². The van der Waals surface area contributed by atoms with Gasteiger partial charge in [0.15, 0.2) is 0 Å². The van der Waals surface area contributed by atoms with E-state index < -0.39 is 0 Å². The summed E-state index contributed by atoms with van der Waals surface area (Å²) in [5.74, 6) is 3.03. The second-order valence-corrected chi connectivity index (χ2v) is 11.6. The zero-order valence-electron chi connectivity index (χ0n) is 23.2. The van der Waals surface area contributed by atoms with Gasteiger partial charge in [0.2, 0.25) is 0 Å². The molecule has 0 bridgehead atoms. The maximum Gasteiger partial charge on any atom is -0.0212 e. The number of rotatable bonds is 1. The van der Waals surface area contributed by atoms with Crippen molar-refractivity contribution >= 4 is 0 Å². The summed E-state index contributed by atoms with van der Waals surface area (Å²) in [6, 6.07) is 0. The van der Waals surface area contributed by atoms with Crippen LogP contribution in [0, 0.1) is 39.4 Å². The van der Waals surface area contributed by atoms with Gasteiger partial charge in [-0.3, -0.25) is 0 Å². The van der Waals surface area contributed by atoms with Crippen molar-refractivity contribution in [2.24, 2.45) is 39.4 Å². The van der Waals surface area contributed by atoms with Gasteiger partial charge in [0.05, 0.1) is 0 Å². The molecule has 188 valence electrons. The Morgan fingerprint density at radius 2 is 1.23 bits per heavy atom. The fourth-order valence-corrected chi connectivity index (χ4v) is 9.05. The van der Waals surface area contributed by atoms with Crippen LogP contribution in [0.3, 0.4) is 0 Å². The largest absolute Gasteiger partial charge is 0.0776 e. The molecule has 1 unspecified atom stereocenters. The molecule has 0 radical (unpaired) electrons. The molecule has 4 rings (SSSR count). The standard InChI is InChI=1S/C23H40.C3H8.2C2H6.CH4/c1-6-17-10-11-19-20(17,2)15-16-23(5)21(3)13-8-7-9-18(21)12-14-22(19,23)4;1-3-2;2*1-2;/h17-19H,6-16H2,1-5H3;3H2,1-2H3;2*1-2H3;1H4/t17-,18-,19?,20+,21-,22-,23+;;;;/m0..../s1. The first-order valence-corrected chi connectivity index (χ1v) is 14.2. The Kier molecular flexibility index (Phi) is 12.5. The maximum absolute atomic E-state index is 2.75. The molecule has 0 N–H and O–H groups in total. The second kappa shape index (κ2) is 12.5. The SMILES string of the molecule is C.CC.CC.CCC.CC[C@H]1CCC2[C@]1(C)CC[C@@]1(C)[C@@]2(C)CC[C@@H]2CCCC[C@@]21C. The second-order valence-electron chi connectivity index (χ2n) is 11.6. The number of hydrogen-bond acceptors (Lipinski definition) is 0. The smallest absolute Gasteiger partial charge is 0.0212 e. The van der Waals surface area contributed by atoms with Gasteiger partial charge in [-0.1, -0.05) is 109 Å². The molecule has 0 heterocycles. The van der Waals surface area contributed by atoms with Crippen LogP contribution < -0.4 is 0 Å². The molecule has 7 atom stereocenters. The minimum atomic E-state index is 0. The van der Waals surface area contributed by atoms with Crippen molar-refractivity contribution in [2.45, 2.75) is 161 Å². The summed E-state index contributed by atoms with van der Waals surface area (Å²) in [5, 5.41) is 0. The molecule has 0 aromatic heterocycles. The van der Waals surface area contributed by atoms with E-state index >= 15 is 0 Å². The summed E-state index contributed by atoms with van der Waals surface area (Å²) >= 11 is 0. The van der Waals surface area contributed by atoms with Gasteiger partial charge in [0, 0.05) is 0 Å². The van der Waals surface area contributed by atoms with E-state index in [2.05, 4.69) is 48.5 Å². The van der Waals surface area contributed by atoms with Crippen molar-refractivity contribution in [1.29, 1.82) is 0 Å². The van der Waals surface area contributed by atoms with Crippen molar-refractivity contribution < 1.29 is 0 Å². The number of hydrogen-bond donors (Lipinski definition) is 0. The van der Waals surface area contributed by atoms with Gasteiger partial charge in [-0.15, -0.1) is 0 Å². The van der Waals surface area contributed by atoms with Crippen LogP contribution in [0.25, 0.3) is 0 Å². The highest BCUT2D eigenvalue weighted by molar-refractivity contribution is 5.18. The van der Waals surface area contributed by atoms with E-state index in [1.807, 2.05) is 27.7 Å². The first-order chi connectivity index (χ1) is 14.2. The Hall–Kier alpha value is 0. The first kappa shape index (κ1) is 31.0. The van der Waals surface area contributed by atoms with Crippen LogP contribution in [-0.4, -0.2) is 0 Å². The lowest BCUT2D eigenvalue weighted by Crippen LogP contribution is -2.64. The summed E-state index contributed by atoms with van der Waals surface area (Å²) in [7, 11) is 0. The number of fused-ring (bicyclic) bond motifs is 5. The third kappa shape index (κ3) is 4.80. The van der Waals surface area contributed by atoms with Gasteiger partial charge >= 0.3 is 0 Å². The van der Waals surface area contributed by atoms with Crippen LogP contribution in [0.15, 0.2) is 0 Å². The Bertz CT molecular complexity index is 494. The Balaban J connectivity index is 0.00000102. The summed E-state index contributed by atoms with van der Waals surface area (Å²) < 4.78 is 0. The lowest BCUT2D eigenvalue weighted by molar-refractivity contribution is -0.225. The van der Waals surface area contributed by atoms with Crippen LogP contribution in [-0.2, 0) is 0 Å². The predicted octanol–water partition coefficient (Wildman–Crippen LogP) is 11.3. The lowest BCUT2D eigenvalue weighted by atomic mass is 9.33. The van der Waals surface area contributed by atoms with Crippen LogP contribution >= 0.6 is 0 Å². The summed E-state index contributed by atoms with van der Waals surface area (Å²) in [6.07, 6.45) is 17.9. The highest BCUT2D eigenvalue weighted by Gasteiger charge is 2.69. The summed E-state index contributed by atoms with van der Waals surface area (Å²) in [5.41, 5.74) is 2.48. The third-order valence-electron chi connectivity index (χ3n) is 10.9. The normalized spacial score (nSPS) is 44.8. The molecule has 4 aliphatic carbocycles. The third-order valence-corrected chi connectivity index (χ3v) is 10.9. The van der Waals surface area contributed by atoms with E-state index in [1.54, 1.807) is 0 Å². The van der Waals surface area contributed by atoms with Gasteiger partial charge in [0.25, 0.3) is 0 Å². The van der Waals surface area contributed by atoms with Gasteiger partial charge in [0.1, 0.15) is 0 Å². The van der Waals surface area contributed by atoms with Crippen molar-refractivity contribution in [3.8, 4) is 0 Å². The average Bonchev–Trinajstić information content (AvgIpc) is 3.11. The molecule has 0 spiro atoms. The molecule has 0 aromatic carbocycles. The Labute approximate surface area is 200 Å². The van der Waals surface area contributed by atoms with Gasteiger partial charge < -0.3 is 0 Å². The topological polar surface area (TPSA) is 0 Å². The van der Waals surface area contributed by atoms with Crippen LogP contribution in [0.4, 0.5) is 0 Å². The van der Waals surface area contributed by atoms with Gasteiger partial charge in [-0.05, 0) is 90.8 Å². The lowest BCUT2D eigenvalue weighted by Gasteiger charge is -2.71. The summed E-state index contributed by atoms with van der Waals surface area (Å²) in [4.78, 5) is 0. The molecule has 0 aromatic rings. The molecule has 0 heteroatoms. The Morgan fingerprint density at radius 3 is 1.77 bits per heavy atom. The minimum absolute atomic E-state index is 0. The average molecular weight is 437 g/mol. The predicted molar refractivity (Wildman–Crippen MR) is 145 cm³/mol. The highest BCUT2D eigenvalue weighted by atomic mass is 14.7. The van der Waals surface area contributed by atoms with E-state index in [9.17, 15) is 0 Å². The van der Waals surface area contributed by atoms with E-state index in [4.69, 9.17) is 0 Å². The first-order valence-electron chi connectivity index (χ1n) is 14.2. The minimum Gasteiger partial charge on any atom is -0.0776 e. The monoisotopic (exact) mass is 437 g/mol. The fraction of sp³-hybridized carbons (Fsp3) is 1.00. The molecule has 0 saturated heterocycles. The molecule has 0 nitrogen and oxygen atoms in total. The van der Waals surface area contributed by atoms with Gasteiger partial charge in [-0.25, -0.2) is 0 Å². The molecule has 0 aliphatic heterocycles. The quantitative estimate of drug-likeness (QED) is 0.383. The zero-order valence-corrected chi connectivity index (χ0v) is 23.2.